The second kappa shape index (κ2) is 7.97. The number of carbonyl (C=O) groups is 1. The molecule has 2 rings (SSSR count). The van der Waals surface area contributed by atoms with Crippen LogP contribution in [-0.4, -0.2) is 26.7 Å². The van der Waals surface area contributed by atoms with Crippen molar-refractivity contribution in [1.29, 1.82) is 0 Å². The molecular formula is C17H17BrFNO3. The predicted molar refractivity (Wildman–Crippen MR) is 89.7 cm³/mol. The van der Waals surface area contributed by atoms with Crippen LogP contribution in [0.1, 0.15) is 15.9 Å². The third kappa shape index (κ3) is 4.22. The molecule has 0 saturated carbocycles. The molecule has 0 aliphatic carbocycles. The number of carbonyl (C=O) groups excluding carboxylic acids is 1. The van der Waals surface area contributed by atoms with E-state index < -0.39 is 0 Å². The van der Waals surface area contributed by atoms with E-state index in [0.717, 1.165) is 0 Å². The molecule has 1 amide bonds. The highest BCUT2D eigenvalue weighted by Gasteiger charge is 2.17. The van der Waals surface area contributed by atoms with E-state index >= 15 is 0 Å². The van der Waals surface area contributed by atoms with E-state index in [9.17, 15) is 9.18 Å². The molecule has 0 atom stereocenters. The maximum absolute atomic E-state index is 13.6. The molecule has 0 aliphatic rings. The topological polar surface area (TPSA) is 47.6 Å². The zero-order valence-corrected chi connectivity index (χ0v) is 14.4. The smallest absolute Gasteiger partial charge is 0.255 e. The van der Waals surface area contributed by atoms with Gasteiger partial charge < -0.3 is 14.8 Å². The molecule has 2 aromatic carbocycles. The standard InChI is InChI=1S/C17H17BrFNO3/c1-22-12-9-13(16(23-2)14(18)10-12)17(21)20-8-7-11-5-3-4-6-15(11)19/h3-6,9-10H,7-8H2,1-2H3,(H,20,21). The summed E-state index contributed by atoms with van der Waals surface area (Å²) in [6, 6.07) is 9.82. The van der Waals surface area contributed by atoms with Crippen LogP contribution >= 0.6 is 15.9 Å². The van der Waals surface area contributed by atoms with Crippen LogP contribution in [0.4, 0.5) is 4.39 Å². The molecule has 0 fully saturated rings. The molecule has 0 saturated heterocycles. The van der Waals surface area contributed by atoms with Crippen molar-refractivity contribution in [2.75, 3.05) is 20.8 Å². The lowest BCUT2D eigenvalue weighted by atomic mass is 10.1. The van der Waals surface area contributed by atoms with Crippen LogP contribution in [0.25, 0.3) is 0 Å². The highest BCUT2D eigenvalue weighted by molar-refractivity contribution is 9.10. The van der Waals surface area contributed by atoms with Gasteiger partial charge in [-0.05, 0) is 46.1 Å². The molecule has 0 aliphatic heterocycles. The fraction of sp³-hybridized carbons (Fsp3) is 0.235. The summed E-state index contributed by atoms with van der Waals surface area (Å²) in [5.74, 6) is 0.382. The van der Waals surface area contributed by atoms with Gasteiger partial charge in [-0.3, -0.25) is 4.79 Å². The van der Waals surface area contributed by atoms with Crippen LogP contribution in [0.3, 0.4) is 0 Å². The third-order valence-corrected chi connectivity index (χ3v) is 3.93. The summed E-state index contributed by atoms with van der Waals surface area (Å²) in [6.07, 6.45) is 0.409. The van der Waals surface area contributed by atoms with Crippen molar-refractivity contribution in [2.45, 2.75) is 6.42 Å². The Morgan fingerprint density at radius 2 is 1.96 bits per heavy atom. The van der Waals surface area contributed by atoms with Gasteiger partial charge >= 0.3 is 0 Å². The summed E-state index contributed by atoms with van der Waals surface area (Å²) < 4.78 is 24.6. The summed E-state index contributed by atoms with van der Waals surface area (Å²) in [5, 5.41) is 2.77. The molecule has 0 spiro atoms. The van der Waals surface area contributed by atoms with Gasteiger partial charge in [0.05, 0.1) is 24.3 Å². The SMILES string of the molecule is COc1cc(Br)c(OC)c(C(=O)NCCc2ccccc2F)c1. The lowest BCUT2D eigenvalue weighted by Gasteiger charge is -2.13. The van der Waals surface area contributed by atoms with Crippen LogP contribution in [0.2, 0.25) is 0 Å². The molecule has 122 valence electrons. The fourth-order valence-corrected chi connectivity index (χ4v) is 2.77. The van der Waals surface area contributed by atoms with E-state index in [4.69, 9.17) is 9.47 Å². The van der Waals surface area contributed by atoms with Crippen molar-refractivity contribution >= 4 is 21.8 Å². The van der Waals surface area contributed by atoms with Crippen molar-refractivity contribution in [3.05, 3.63) is 57.8 Å². The molecule has 0 unspecified atom stereocenters. The molecule has 0 bridgehead atoms. The Bertz CT molecular complexity index is 706. The minimum atomic E-state index is -0.308. The first-order chi connectivity index (χ1) is 11.1. The molecule has 23 heavy (non-hydrogen) atoms. The van der Waals surface area contributed by atoms with E-state index in [0.29, 0.717) is 40.1 Å². The molecule has 2 aromatic rings. The number of ether oxygens (including phenoxy) is 2. The van der Waals surface area contributed by atoms with Crippen LogP contribution in [0, 0.1) is 5.82 Å². The van der Waals surface area contributed by atoms with Crippen molar-refractivity contribution < 1.29 is 18.7 Å². The predicted octanol–water partition coefficient (Wildman–Crippen LogP) is 3.58. The van der Waals surface area contributed by atoms with E-state index in [-0.39, 0.29) is 11.7 Å². The van der Waals surface area contributed by atoms with Crippen LogP contribution in [-0.2, 0) is 6.42 Å². The van der Waals surface area contributed by atoms with Gasteiger partial charge in [-0.1, -0.05) is 18.2 Å². The zero-order valence-electron chi connectivity index (χ0n) is 12.9. The van der Waals surface area contributed by atoms with E-state index in [1.165, 1.54) is 20.3 Å². The highest BCUT2D eigenvalue weighted by atomic mass is 79.9. The molecular weight excluding hydrogens is 365 g/mol. The van der Waals surface area contributed by atoms with E-state index in [1.807, 2.05) is 0 Å². The van der Waals surface area contributed by atoms with Gasteiger partial charge in [-0.25, -0.2) is 4.39 Å². The average molecular weight is 382 g/mol. The first-order valence-electron chi connectivity index (χ1n) is 7.00. The van der Waals surface area contributed by atoms with Crippen molar-refractivity contribution in [2.24, 2.45) is 0 Å². The zero-order chi connectivity index (χ0) is 16.8. The molecule has 1 N–H and O–H groups in total. The van der Waals surface area contributed by atoms with Crippen LogP contribution in [0.5, 0.6) is 11.5 Å². The number of rotatable bonds is 6. The minimum Gasteiger partial charge on any atom is -0.497 e. The van der Waals surface area contributed by atoms with Gasteiger partial charge in [0.2, 0.25) is 0 Å². The average Bonchev–Trinajstić information content (AvgIpc) is 2.55. The van der Waals surface area contributed by atoms with Gasteiger partial charge in [0, 0.05) is 6.54 Å². The number of hydrogen-bond acceptors (Lipinski definition) is 3. The maximum atomic E-state index is 13.6. The Morgan fingerprint density at radius 3 is 2.61 bits per heavy atom. The normalized spacial score (nSPS) is 10.3. The maximum Gasteiger partial charge on any atom is 0.255 e. The molecule has 6 heteroatoms. The lowest BCUT2D eigenvalue weighted by molar-refractivity contribution is 0.0950. The summed E-state index contributed by atoms with van der Waals surface area (Å²) in [6.45, 7) is 0.317. The number of nitrogens with one attached hydrogen (secondary N) is 1. The molecule has 0 aromatic heterocycles. The summed E-state index contributed by atoms with van der Waals surface area (Å²) in [5.41, 5.74) is 0.916. The van der Waals surface area contributed by atoms with Gasteiger partial charge in [0.25, 0.3) is 5.91 Å². The summed E-state index contributed by atoms with van der Waals surface area (Å²) in [7, 11) is 3.01. The molecule has 4 nitrogen and oxygen atoms in total. The van der Waals surface area contributed by atoms with Crippen LogP contribution in [0.15, 0.2) is 40.9 Å². The Hall–Kier alpha value is -2.08. The fourth-order valence-electron chi connectivity index (χ4n) is 2.17. The molecule has 0 radical (unpaired) electrons. The largest absolute Gasteiger partial charge is 0.497 e. The Morgan fingerprint density at radius 1 is 1.22 bits per heavy atom. The van der Waals surface area contributed by atoms with Crippen molar-refractivity contribution in [3.63, 3.8) is 0 Å². The number of amides is 1. The lowest BCUT2D eigenvalue weighted by Crippen LogP contribution is -2.26. The van der Waals surface area contributed by atoms with E-state index in [1.54, 1.807) is 30.3 Å². The molecule has 0 heterocycles. The van der Waals surface area contributed by atoms with Gasteiger partial charge in [0.15, 0.2) is 0 Å². The number of methoxy groups -OCH3 is 2. The summed E-state index contributed by atoms with van der Waals surface area (Å²) in [4.78, 5) is 12.4. The third-order valence-electron chi connectivity index (χ3n) is 3.34. The Kier molecular flexibility index (Phi) is 5.98. The van der Waals surface area contributed by atoms with Crippen molar-refractivity contribution in [3.8, 4) is 11.5 Å². The highest BCUT2D eigenvalue weighted by Crippen LogP contribution is 2.33. The number of benzene rings is 2. The first kappa shape index (κ1) is 17.3. The second-order valence-electron chi connectivity index (χ2n) is 4.79. The van der Waals surface area contributed by atoms with Crippen LogP contribution < -0.4 is 14.8 Å². The monoisotopic (exact) mass is 381 g/mol. The summed E-state index contributed by atoms with van der Waals surface area (Å²) >= 11 is 3.35. The van der Waals surface area contributed by atoms with Crippen molar-refractivity contribution in [1.82, 2.24) is 5.32 Å². The quantitative estimate of drug-likeness (QED) is 0.831. The number of hydrogen-bond donors (Lipinski definition) is 1. The Labute approximate surface area is 142 Å². The van der Waals surface area contributed by atoms with Gasteiger partial charge in [-0.15, -0.1) is 0 Å². The number of halogens is 2. The van der Waals surface area contributed by atoms with E-state index in [2.05, 4.69) is 21.2 Å². The Balaban J connectivity index is 2.09. The second-order valence-corrected chi connectivity index (χ2v) is 5.64. The minimum absolute atomic E-state index is 0.275. The van der Waals surface area contributed by atoms with Gasteiger partial charge in [0.1, 0.15) is 17.3 Å². The van der Waals surface area contributed by atoms with Gasteiger partial charge in [-0.2, -0.15) is 0 Å². The first-order valence-corrected chi connectivity index (χ1v) is 7.79.